The molecular weight excluding hydrogens is 270 g/mol. The number of hydrogen-bond acceptors (Lipinski definition) is 4. The second-order valence-corrected chi connectivity index (χ2v) is 8.13. The third kappa shape index (κ3) is 3.34. The van der Waals surface area contributed by atoms with Crippen molar-refractivity contribution in [2.75, 3.05) is 32.6 Å². The molecule has 20 heavy (non-hydrogen) atoms. The van der Waals surface area contributed by atoms with Crippen molar-refractivity contribution in [2.45, 2.75) is 67.8 Å². The van der Waals surface area contributed by atoms with Gasteiger partial charge in [0, 0.05) is 37.0 Å². The van der Waals surface area contributed by atoms with Gasteiger partial charge in [0.2, 0.25) is 0 Å². The Bertz CT molecular complexity index is 312. The molecule has 0 aromatic rings. The summed E-state index contributed by atoms with van der Waals surface area (Å²) in [5.41, 5.74) is 0.0367. The van der Waals surface area contributed by atoms with E-state index in [0.717, 1.165) is 39.1 Å². The number of ether oxygens (including phenoxy) is 2. The molecule has 2 atom stereocenters. The van der Waals surface area contributed by atoms with Crippen LogP contribution in [0.4, 0.5) is 0 Å². The zero-order valence-corrected chi connectivity index (χ0v) is 13.6. The van der Waals surface area contributed by atoms with Crippen LogP contribution in [0.1, 0.15) is 51.4 Å². The van der Waals surface area contributed by atoms with Crippen LogP contribution in [0.15, 0.2) is 0 Å². The van der Waals surface area contributed by atoms with Crippen molar-refractivity contribution in [3.63, 3.8) is 0 Å². The van der Waals surface area contributed by atoms with Crippen LogP contribution in [0.2, 0.25) is 0 Å². The zero-order valence-electron chi connectivity index (χ0n) is 12.8. The van der Waals surface area contributed by atoms with Crippen molar-refractivity contribution in [3.8, 4) is 0 Å². The second kappa shape index (κ2) is 6.55. The molecule has 2 saturated heterocycles. The average molecular weight is 299 g/mol. The van der Waals surface area contributed by atoms with Gasteiger partial charge in [0.1, 0.15) is 0 Å². The van der Waals surface area contributed by atoms with Crippen LogP contribution in [0.5, 0.6) is 0 Å². The van der Waals surface area contributed by atoms with Crippen LogP contribution in [0.3, 0.4) is 0 Å². The smallest absolute Gasteiger partial charge is 0.0951 e. The number of rotatable bonds is 4. The van der Waals surface area contributed by atoms with Gasteiger partial charge in [-0.25, -0.2) is 0 Å². The first-order valence-electron chi connectivity index (χ1n) is 8.26. The minimum absolute atomic E-state index is 0.0367. The summed E-state index contributed by atoms with van der Waals surface area (Å²) >= 11 is 2.09. The monoisotopic (exact) mass is 299 g/mol. The summed E-state index contributed by atoms with van der Waals surface area (Å²) in [4.78, 5) is 0. The topological polar surface area (TPSA) is 30.5 Å². The molecule has 3 rings (SSSR count). The highest BCUT2D eigenvalue weighted by Gasteiger charge is 2.41. The molecule has 0 aromatic heterocycles. The quantitative estimate of drug-likeness (QED) is 0.864. The summed E-state index contributed by atoms with van der Waals surface area (Å²) in [7, 11) is 0. The minimum Gasteiger partial charge on any atom is -0.378 e. The highest BCUT2D eigenvalue weighted by molar-refractivity contribution is 8.00. The van der Waals surface area contributed by atoms with E-state index in [9.17, 15) is 0 Å². The van der Waals surface area contributed by atoms with Gasteiger partial charge in [0.15, 0.2) is 0 Å². The molecule has 2 heterocycles. The number of hydrogen-bond donors (Lipinski definition) is 1. The molecular formula is C16H29NO2S. The average Bonchev–Trinajstić information content (AvgIpc) is 2.94. The lowest BCUT2D eigenvalue weighted by Crippen LogP contribution is -2.51. The summed E-state index contributed by atoms with van der Waals surface area (Å²) in [5, 5.41) is 3.88. The van der Waals surface area contributed by atoms with Gasteiger partial charge in [-0.15, -0.1) is 0 Å². The van der Waals surface area contributed by atoms with Crippen LogP contribution in [0.25, 0.3) is 0 Å². The van der Waals surface area contributed by atoms with E-state index in [1.165, 1.54) is 38.6 Å². The maximum absolute atomic E-state index is 6.03. The van der Waals surface area contributed by atoms with Crippen LogP contribution in [-0.4, -0.2) is 49.0 Å². The Labute approximate surface area is 127 Å². The van der Waals surface area contributed by atoms with Gasteiger partial charge in [0.05, 0.1) is 12.2 Å². The molecule has 1 saturated carbocycles. The Morgan fingerprint density at radius 2 is 2.00 bits per heavy atom. The van der Waals surface area contributed by atoms with Gasteiger partial charge in [-0.05, 0) is 31.9 Å². The van der Waals surface area contributed by atoms with Crippen molar-refractivity contribution < 1.29 is 9.47 Å². The van der Waals surface area contributed by atoms with Crippen molar-refractivity contribution in [1.82, 2.24) is 5.32 Å². The van der Waals surface area contributed by atoms with E-state index in [-0.39, 0.29) is 5.60 Å². The third-order valence-electron chi connectivity index (χ3n) is 5.47. The van der Waals surface area contributed by atoms with Crippen molar-refractivity contribution >= 4 is 11.8 Å². The van der Waals surface area contributed by atoms with Gasteiger partial charge in [-0.1, -0.05) is 19.3 Å². The molecule has 3 fully saturated rings. The first-order chi connectivity index (χ1) is 9.76. The van der Waals surface area contributed by atoms with Crippen molar-refractivity contribution in [3.05, 3.63) is 0 Å². The Hall–Kier alpha value is 0.230. The molecule has 0 aromatic carbocycles. The fourth-order valence-corrected chi connectivity index (χ4v) is 4.97. The molecule has 0 amide bonds. The Morgan fingerprint density at radius 1 is 1.15 bits per heavy atom. The molecule has 1 spiro atoms. The molecule has 4 heteroatoms. The fraction of sp³-hybridized carbons (Fsp3) is 1.00. The van der Waals surface area contributed by atoms with Gasteiger partial charge < -0.3 is 14.8 Å². The molecule has 0 bridgehead atoms. The summed E-state index contributed by atoms with van der Waals surface area (Å²) in [6, 6.07) is 0.622. The van der Waals surface area contributed by atoms with Gasteiger partial charge in [0.25, 0.3) is 0 Å². The van der Waals surface area contributed by atoms with E-state index in [0.29, 0.717) is 10.8 Å². The molecule has 0 radical (unpaired) electrons. The van der Waals surface area contributed by atoms with Gasteiger partial charge in [-0.3, -0.25) is 0 Å². The lowest BCUT2D eigenvalue weighted by atomic mass is 9.86. The Morgan fingerprint density at radius 3 is 2.70 bits per heavy atom. The highest BCUT2D eigenvalue weighted by atomic mass is 32.2. The molecule has 2 unspecified atom stereocenters. The SMILES string of the molecule is CSC1(CNC2CCOC3(CCOC3)C2)CCCCC1. The molecule has 3 aliphatic rings. The Balaban J connectivity index is 1.52. The van der Waals surface area contributed by atoms with E-state index < -0.39 is 0 Å². The zero-order chi connectivity index (χ0) is 13.9. The fourth-order valence-electron chi connectivity index (χ4n) is 4.04. The van der Waals surface area contributed by atoms with Gasteiger partial charge >= 0.3 is 0 Å². The normalized spacial score (nSPS) is 37.4. The maximum Gasteiger partial charge on any atom is 0.0951 e. The van der Waals surface area contributed by atoms with Crippen LogP contribution in [-0.2, 0) is 9.47 Å². The van der Waals surface area contributed by atoms with E-state index in [4.69, 9.17) is 9.47 Å². The first kappa shape index (κ1) is 15.1. The first-order valence-corrected chi connectivity index (χ1v) is 9.49. The molecule has 116 valence electrons. The summed E-state index contributed by atoms with van der Waals surface area (Å²) in [6.07, 6.45) is 12.7. The number of nitrogens with one attached hydrogen (secondary N) is 1. The third-order valence-corrected chi connectivity index (χ3v) is 6.89. The highest BCUT2D eigenvalue weighted by Crippen LogP contribution is 2.39. The predicted octanol–water partition coefficient (Wildman–Crippen LogP) is 2.98. The number of thioether (sulfide) groups is 1. The van der Waals surface area contributed by atoms with E-state index >= 15 is 0 Å². The van der Waals surface area contributed by atoms with Crippen molar-refractivity contribution in [1.29, 1.82) is 0 Å². The lowest BCUT2D eigenvalue weighted by Gasteiger charge is -2.41. The summed E-state index contributed by atoms with van der Waals surface area (Å²) < 4.78 is 12.1. The maximum atomic E-state index is 6.03. The van der Waals surface area contributed by atoms with Crippen LogP contribution >= 0.6 is 11.8 Å². The molecule has 1 N–H and O–H groups in total. The minimum atomic E-state index is 0.0367. The largest absolute Gasteiger partial charge is 0.378 e. The van der Waals surface area contributed by atoms with Crippen LogP contribution in [0, 0.1) is 0 Å². The van der Waals surface area contributed by atoms with E-state index in [2.05, 4.69) is 23.3 Å². The second-order valence-electron chi connectivity index (χ2n) is 6.85. The van der Waals surface area contributed by atoms with E-state index in [1.54, 1.807) is 0 Å². The van der Waals surface area contributed by atoms with Gasteiger partial charge in [-0.2, -0.15) is 11.8 Å². The predicted molar refractivity (Wildman–Crippen MR) is 84.5 cm³/mol. The summed E-state index contributed by atoms with van der Waals surface area (Å²) in [5.74, 6) is 0. The summed E-state index contributed by atoms with van der Waals surface area (Å²) in [6.45, 7) is 3.75. The van der Waals surface area contributed by atoms with Crippen LogP contribution < -0.4 is 5.32 Å². The molecule has 1 aliphatic carbocycles. The van der Waals surface area contributed by atoms with Crippen molar-refractivity contribution in [2.24, 2.45) is 0 Å². The lowest BCUT2D eigenvalue weighted by molar-refractivity contribution is -0.0894. The Kier molecular flexibility index (Phi) is 4.96. The molecule has 2 aliphatic heterocycles. The van der Waals surface area contributed by atoms with E-state index in [1.807, 2.05) is 0 Å². The standard InChI is InChI=1S/C16H29NO2S/c1-20-16(6-3-2-4-7-16)12-17-14-5-9-19-15(11-14)8-10-18-13-15/h14,17H,2-13H2,1H3. The molecule has 3 nitrogen and oxygen atoms in total.